The van der Waals surface area contributed by atoms with Crippen LogP contribution in [0, 0.1) is 0 Å². The number of halogens is 3. The van der Waals surface area contributed by atoms with Gasteiger partial charge in [-0.2, -0.15) is 0 Å². The zero-order chi connectivity index (χ0) is 15.7. The van der Waals surface area contributed by atoms with Crippen molar-refractivity contribution in [3.8, 4) is 5.75 Å². The summed E-state index contributed by atoms with van der Waals surface area (Å²) in [6.45, 7) is 0. The molecule has 0 heterocycles. The maximum Gasteiger partial charge on any atom is 0.218 e. The highest BCUT2D eigenvalue weighted by Gasteiger charge is 2.33. The second-order valence-corrected chi connectivity index (χ2v) is 6.58. The fourth-order valence-corrected chi connectivity index (χ4v) is 3.50. The zero-order valence-corrected chi connectivity index (χ0v) is 15.9. The van der Waals surface area contributed by atoms with Crippen LogP contribution < -0.4 is 9.64 Å². The summed E-state index contributed by atoms with van der Waals surface area (Å²) in [4.78, 5) is 26.1. The molecular weight excluding hydrogens is 470 g/mol. The molecule has 0 fully saturated rings. The van der Waals surface area contributed by atoms with Gasteiger partial charge in [0.1, 0.15) is 11.4 Å². The molecule has 0 unspecified atom stereocenters. The van der Waals surface area contributed by atoms with Crippen molar-refractivity contribution in [2.24, 2.45) is 0 Å². The first-order valence-corrected chi connectivity index (χ1v) is 8.18. The number of likely N-dealkylation sites (N-methyl/N-ethyl adjacent to an activating group) is 1. The summed E-state index contributed by atoms with van der Waals surface area (Å²) in [5.41, 5.74) is 1.04. The van der Waals surface area contributed by atoms with Gasteiger partial charge >= 0.3 is 0 Å². The molecule has 0 spiro atoms. The normalized spacial score (nSPS) is 15.7. The van der Waals surface area contributed by atoms with E-state index < -0.39 is 0 Å². The van der Waals surface area contributed by atoms with Crippen LogP contribution in [-0.2, 0) is 9.59 Å². The van der Waals surface area contributed by atoms with E-state index in [0.29, 0.717) is 0 Å². The molecule has 1 aromatic rings. The predicted molar refractivity (Wildman–Crippen MR) is 92.2 cm³/mol. The predicted octanol–water partition coefficient (Wildman–Crippen LogP) is 3.89. The minimum atomic E-state index is -0.281. The summed E-state index contributed by atoms with van der Waals surface area (Å²) in [7, 11) is 3.31. The first-order valence-electron chi connectivity index (χ1n) is 5.80. The highest BCUT2D eigenvalue weighted by atomic mass is 79.9. The van der Waals surface area contributed by atoms with E-state index in [1.54, 1.807) is 31.2 Å². The van der Waals surface area contributed by atoms with Crippen LogP contribution in [0.4, 0.5) is 5.69 Å². The van der Waals surface area contributed by atoms with Crippen LogP contribution in [0.2, 0.25) is 0 Å². The van der Waals surface area contributed by atoms with E-state index in [2.05, 4.69) is 47.8 Å². The zero-order valence-electron chi connectivity index (χ0n) is 11.1. The van der Waals surface area contributed by atoms with Crippen LogP contribution in [0.15, 0.2) is 43.4 Å². The van der Waals surface area contributed by atoms with Crippen LogP contribution >= 0.6 is 47.8 Å². The Morgan fingerprint density at radius 2 is 1.43 bits per heavy atom. The minimum Gasteiger partial charge on any atom is -0.497 e. The molecule has 1 aromatic carbocycles. The van der Waals surface area contributed by atoms with Gasteiger partial charge in [0.05, 0.1) is 20.6 Å². The molecule has 4 nitrogen and oxygen atoms in total. The van der Waals surface area contributed by atoms with Gasteiger partial charge in [0.2, 0.25) is 11.6 Å². The van der Waals surface area contributed by atoms with Crippen LogP contribution in [0.1, 0.15) is 0 Å². The third kappa shape index (κ3) is 3.00. The fourth-order valence-electron chi connectivity index (χ4n) is 1.84. The molecule has 0 N–H and O–H groups in total. The molecule has 1 aliphatic carbocycles. The van der Waals surface area contributed by atoms with Crippen LogP contribution in [0.5, 0.6) is 5.75 Å². The molecule has 0 aromatic heterocycles. The lowest BCUT2D eigenvalue weighted by atomic mass is 10.1. The smallest absolute Gasteiger partial charge is 0.218 e. The van der Waals surface area contributed by atoms with Crippen molar-refractivity contribution in [3.63, 3.8) is 0 Å². The lowest BCUT2D eigenvalue weighted by Crippen LogP contribution is -2.29. The van der Waals surface area contributed by atoms with Crippen LogP contribution in [-0.4, -0.2) is 25.7 Å². The molecule has 110 valence electrons. The number of rotatable bonds is 3. The molecule has 21 heavy (non-hydrogen) atoms. The highest BCUT2D eigenvalue weighted by Crippen LogP contribution is 2.36. The van der Waals surface area contributed by atoms with Crippen molar-refractivity contribution in [3.05, 3.63) is 43.4 Å². The Morgan fingerprint density at radius 1 is 0.905 bits per heavy atom. The lowest BCUT2D eigenvalue weighted by molar-refractivity contribution is -0.115. The highest BCUT2D eigenvalue weighted by molar-refractivity contribution is 9.15. The van der Waals surface area contributed by atoms with E-state index in [1.165, 1.54) is 0 Å². The quantitative estimate of drug-likeness (QED) is 0.617. The summed E-state index contributed by atoms with van der Waals surface area (Å²) in [6.07, 6.45) is 0. The van der Waals surface area contributed by atoms with Gasteiger partial charge in [0.25, 0.3) is 0 Å². The first kappa shape index (κ1) is 16.5. The average Bonchev–Trinajstić information content (AvgIpc) is 2.51. The van der Waals surface area contributed by atoms with E-state index in [1.807, 2.05) is 12.1 Å². The number of ether oxygens (including phenoxy) is 1. The van der Waals surface area contributed by atoms with Crippen molar-refractivity contribution in [2.45, 2.75) is 0 Å². The molecule has 0 atom stereocenters. The topological polar surface area (TPSA) is 46.6 Å². The van der Waals surface area contributed by atoms with Crippen LogP contribution in [0.25, 0.3) is 0 Å². The second-order valence-electron chi connectivity index (χ2n) is 4.21. The molecule has 7 heteroatoms. The van der Waals surface area contributed by atoms with Crippen molar-refractivity contribution in [1.82, 2.24) is 0 Å². The largest absolute Gasteiger partial charge is 0.497 e. The van der Waals surface area contributed by atoms with E-state index >= 15 is 0 Å². The number of hydrogen-bond donors (Lipinski definition) is 0. The SMILES string of the molecule is COc1ccc(N(C)C2=C(Br)C(=O)C(Br)=C(Br)C2=O)cc1. The number of methoxy groups -OCH3 is 1. The Kier molecular flexibility index (Phi) is 5.06. The number of allylic oxidation sites excluding steroid dienone is 3. The maximum atomic E-state index is 12.4. The molecule has 0 radical (unpaired) electrons. The number of benzene rings is 1. The molecule has 0 aliphatic heterocycles. The van der Waals surface area contributed by atoms with E-state index in [0.717, 1.165) is 11.4 Å². The molecular formula is C14H10Br3NO3. The summed E-state index contributed by atoms with van der Waals surface area (Å²) in [6, 6.07) is 7.20. The molecule has 1 aliphatic rings. The third-order valence-electron chi connectivity index (χ3n) is 3.01. The van der Waals surface area contributed by atoms with Crippen LogP contribution in [0.3, 0.4) is 0 Å². The Balaban J connectivity index is 2.44. The first-order chi connectivity index (χ1) is 9.88. The molecule has 0 saturated carbocycles. The summed E-state index contributed by atoms with van der Waals surface area (Å²) < 4.78 is 5.75. The van der Waals surface area contributed by atoms with Gasteiger partial charge < -0.3 is 9.64 Å². The number of hydrogen-bond acceptors (Lipinski definition) is 4. The fraction of sp³-hybridized carbons (Fsp3) is 0.143. The van der Waals surface area contributed by atoms with Gasteiger partial charge in [0, 0.05) is 12.7 Å². The van der Waals surface area contributed by atoms with E-state index in [4.69, 9.17) is 4.74 Å². The average molecular weight is 480 g/mol. The Labute approximate surface area is 147 Å². The lowest BCUT2D eigenvalue weighted by Gasteiger charge is -2.25. The summed E-state index contributed by atoms with van der Waals surface area (Å²) in [5, 5.41) is 0. The Hall–Kier alpha value is -0.920. The monoisotopic (exact) mass is 477 g/mol. The molecule has 2 rings (SSSR count). The standard InChI is InChI=1S/C14H10Br3NO3/c1-18(7-3-5-8(21-2)6-4-7)12-11(17)13(19)9(15)10(16)14(12)20/h3-6H,1-2H3. The van der Waals surface area contributed by atoms with Gasteiger partial charge in [-0.05, 0) is 72.1 Å². The number of Topliss-reactive ketones (excluding diaryl/α,β-unsaturated/α-hetero) is 2. The minimum absolute atomic E-state index is 0.214. The Morgan fingerprint density at radius 3 is 1.95 bits per heavy atom. The van der Waals surface area contributed by atoms with Gasteiger partial charge in [-0.25, -0.2) is 0 Å². The molecule has 0 saturated heterocycles. The van der Waals surface area contributed by atoms with Gasteiger partial charge in [-0.3, -0.25) is 9.59 Å². The number of ketones is 2. The maximum absolute atomic E-state index is 12.4. The number of carbonyl (C=O) groups is 2. The summed E-state index contributed by atoms with van der Waals surface area (Å²) in [5.74, 6) is 0.165. The van der Waals surface area contributed by atoms with Gasteiger partial charge in [0.15, 0.2) is 0 Å². The third-order valence-corrected chi connectivity index (χ3v) is 5.79. The number of anilines is 1. The summed E-state index contributed by atoms with van der Waals surface area (Å²) >= 11 is 9.48. The number of carbonyl (C=O) groups excluding carboxylic acids is 2. The second kappa shape index (κ2) is 6.46. The van der Waals surface area contributed by atoms with E-state index in [-0.39, 0.29) is 30.7 Å². The molecule has 0 amide bonds. The number of nitrogens with zero attached hydrogens (tertiary/aromatic N) is 1. The van der Waals surface area contributed by atoms with Crippen molar-refractivity contribution >= 4 is 65.0 Å². The molecule has 0 bridgehead atoms. The van der Waals surface area contributed by atoms with Crippen molar-refractivity contribution in [2.75, 3.05) is 19.1 Å². The van der Waals surface area contributed by atoms with Crippen molar-refractivity contribution < 1.29 is 14.3 Å². The Bertz CT molecular complexity index is 677. The van der Waals surface area contributed by atoms with E-state index in [9.17, 15) is 9.59 Å². The van der Waals surface area contributed by atoms with Gasteiger partial charge in [-0.1, -0.05) is 0 Å². The van der Waals surface area contributed by atoms with Crippen molar-refractivity contribution in [1.29, 1.82) is 0 Å². The van der Waals surface area contributed by atoms with Gasteiger partial charge in [-0.15, -0.1) is 0 Å².